The lowest BCUT2D eigenvalue weighted by Crippen LogP contribution is -2.62. The Bertz CT molecular complexity index is 1670. The van der Waals surface area contributed by atoms with Crippen molar-refractivity contribution in [2.45, 2.75) is 71.0 Å². The molecule has 3 aromatic rings. The Morgan fingerprint density at radius 3 is 2.70 bits per heavy atom. The van der Waals surface area contributed by atoms with Gasteiger partial charge in [-0.15, -0.1) is 11.3 Å². The van der Waals surface area contributed by atoms with E-state index in [9.17, 15) is 23.5 Å². The van der Waals surface area contributed by atoms with Crippen molar-refractivity contribution >= 4 is 40.3 Å². The zero-order chi connectivity index (χ0) is 31.0. The number of aliphatic hydroxyl groups is 1. The van der Waals surface area contributed by atoms with E-state index in [1.54, 1.807) is 24.6 Å². The predicted molar refractivity (Wildman–Crippen MR) is 165 cm³/mol. The van der Waals surface area contributed by atoms with Gasteiger partial charge in [-0.3, -0.25) is 4.79 Å². The molecule has 7 rings (SSSR count). The van der Waals surface area contributed by atoms with Crippen LogP contribution in [0.3, 0.4) is 0 Å². The topological polar surface area (TPSA) is 94.3 Å². The van der Waals surface area contributed by atoms with Crippen LogP contribution < -0.4 is 0 Å². The molecule has 7 nitrogen and oxygen atoms in total. The summed E-state index contributed by atoms with van der Waals surface area (Å²) in [5.74, 6) is -0.880. The van der Waals surface area contributed by atoms with Gasteiger partial charge in [0.05, 0.1) is 34.9 Å². The highest BCUT2D eigenvalue weighted by molar-refractivity contribution is 8.13. The van der Waals surface area contributed by atoms with Crippen LogP contribution in [0.1, 0.15) is 72.6 Å². The second kappa shape index (κ2) is 10.6. The second-order valence-corrected chi connectivity index (χ2v) is 15.0. The van der Waals surface area contributed by atoms with Crippen LogP contribution in [0.15, 0.2) is 41.5 Å². The molecule has 7 atom stereocenters. The maximum Gasteiger partial charge on any atom is 0.351 e. The number of rotatable bonds is 5. The molecule has 4 aliphatic carbocycles. The average Bonchev–Trinajstić information content (AvgIpc) is 3.67. The number of fused-ring (bicyclic) bond motifs is 6. The van der Waals surface area contributed by atoms with Gasteiger partial charge in [0.2, 0.25) is 5.12 Å². The molecular formula is C33H35F2N3O4S2. The molecule has 0 aliphatic heterocycles. The number of thioether (sulfide) groups is 1. The Hall–Kier alpha value is -2.89. The summed E-state index contributed by atoms with van der Waals surface area (Å²) in [5.41, 5.74) is 3.48. The number of halogens is 2. The zero-order valence-corrected chi connectivity index (χ0v) is 26.5. The third-order valence-corrected chi connectivity index (χ3v) is 12.9. The highest BCUT2D eigenvalue weighted by atomic mass is 32.2. The van der Waals surface area contributed by atoms with Crippen molar-refractivity contribution in [2.75, 3.05) is 6.01 Å². The molecule has 0 bridgehead atoms. The highest BCUT2D eigenvalue weighted by Crippen LogP contribution is 2.69. The first-order valence-corrected chi connectivity index (χ1v) is 17.0. The van der Waals surface area contributed by atoms with E-state index in [4.69, 9.17) is 4.74 Å². The summed E-state index contributed by atoms with van der Waals surface area (Å²) >= 11 is 1.71. The molecule has 0 radical (unpaired) electrons. The number of hydrogen-bond acceptors (Lipinski definition) is 8. The number of hydrogen-bond donors (Lipinski definition) is 1. The molecule has 1 N–H and O–H groups in total. The van der Waals surface area contributed by atoms with E-state index in [0.29, 0.717) is 41.6 Å². The maximum absolute atomic E-state index is 13.8. The summed E-state index contributed by atoms with van der Waals surface area (Å²) in [6, 6.07) is 5.38. The van der Waals surface area contributed by atoms with Gasteiger partial charge < -0.3 is 9.84 Å². The number of aromatic nitrogens is 3. The SMILES string of the molecule is Cc1ncsc1C(=O)O[C@]1(C(=O)SCF)CC[C@H]2[C@@H]3CCC4=Cc5c(cnn5-c5ccc(F)cc5)C[C@]4(C)[C@H]3[C@@H](O)C[C@@]21C. The third-order valence-electron chi connectivity index (χ3n) is 11.3. The normalized spacial score (nSPS) is 33.9. The number of ether oxygens (including phenoxy) is 1. The number of thiazole rings is 1. The molecule has 4 aliphatic rings. The van der Waals surface area contributed by atoms with Crippen molar-refractivity contribution in [3.63, 3.8) is 0 Å². The smallest absolute Gasteiger partial charge is 0.351 e. The third kappa shape index (κ3) is 4.21. The Morgan fingerprint density at radius 2 is 2.00 bits per heavy atom. The van der Waals surface area contributed by atoms with Gasteiger partial charge >= 0.3 is 5.97 Å². The first kappa shape index (κ1) is 29.8. The average molecular weight is 640 g/mol. The van der Waals surface area contributed by atoms with E-state index in [0.717, 1.165) is 41.1 Å². The molecule has 3 saturated carbocycles. The Labute approximate surface area is 263 Å². The van der Waals surface area contributed by atoms with Crippen LogP contribution >= 0.6 is 23.1 Å². The minimum atomic E-state index is -1.54. The van der Waals surface area contributed by atoms with E-state index < -0.39 is 34.2 Å². The first-order chi connectivity index (χ1) is 21.0. The van der Waals surface area contributed by atoms with Gasteiger partial charge in [0, 0.05) is 5.41 Å². The van der Waals surface area contributed by atoms with Gasteiger partial charge in [0.15, 0.2) is 5.60 Å². The van der Waals surface area contributed by atoms with E-state index >= 15 is 0 Å². The molecule has 232 valence electrons. The molecule has 0 amide bonds. The number of carbonyl (C=O) groups excluding carboxylic acids is 2. The summed E-state index contributed by atoms with van der Waals surface area (Å²) in [6.45, 7) is 5.92. The number of allylic oxidation sites excluding steroid dienone is 1. The van der Waals surface area contributed by atoms with Crippen molar-refractivity contribution in [2.24, 2.45) is 28.6 Å². The molecule has 3 fully saturated rings. The van der Waals surface area contributed by atoms with E-state index in [2.05, 4.69) is 23.1 Å². The van der Waals surface area contributed by atoms with Crippen molar-refractivity contribution in [1.29, 1.82) is 0 Å². The van der Waals surface area contributed by atoms with Gasteiger partial charge in [-0.25, -0.2) is 23.2 Å². The summed E-state index contributed by atoms with van der Waals surface area (Å²) < 4.78 is 35.3. The standard InChI is InChI=1S/C33H35F2N3O4S2/c1-18-28(44-17-36-18)29(40)42-33(30(41)43-16-34)11-10-24-23-9-4-20-12-25-19(15-37-38(25)22-7-5-21(35)6-8-22)13-31(20,2)27(23)26(39)14-32(24,33)3/h5-8,12,15,17,23-24,26-27,39H,4,9-11,13-14,16H2,1-3H3/t23-,24-,26-,27+,31-,32-,33-/m0/s1. The molecule has 44 heavy (non-hydrogen) atoms. The molecule has 0 spiro atoms. The molecule has 0 saturated heterocycles. The van der Waals surface area contributed by atoms with Gasteiger partial charge in [0.1, 0.15) is 16.7 Å². The Balaban J connectivity index is 1.23. The summed E-state index contributed by atoms with van der Waals surface area (Å²) in [4.78, 5) is 31.7. The number of benzene rings is 1. The Morgan fingerprint density at radius 1 is 1.23 bits per heavy atom. The second-order valence-electron chi connectivity index (χ2n) is 13.3. The number of nitrogens with zero attached hydrogens (tertiary/aromatic N) is 3. The number of aliphatic hydroxyl groups excluding tert-OH is 1. The zero-order valence-electron chi connectivity index (χ0n) is 24.9. The quantitative estimate of drug-likeness (QED) is 0.310. The molecule has 2 aromatic heterocycles. The number of alkyl halides is 1. The van der Waals surface area contributed by atoms with Crippen LogP contribution in [-0.4, -0.2) is 48.7 Å². The number of carbonyl (C=O) groups is 2. The van der Waals surface area contributed by atoms with Crippen molar-refractivity contribution < 1.29 is 28.2 Å². The van der Waals surface area contributed by atoms with E-state index in [1.165, 1.54) is 17.7 Å². The molecule has 11 heteroatoms. The highest BCUT2D eigenvalue weighted by Gasteiger charge is 2.70. The van der Waals surface area contributed by atoms with Crippen LogP contribution in [0.2, 0.25) is 0 Å². The summed E-state index contributed by atoms with van der Waals surface area (Å²) in [6.07, 6.45) is 6.90. The van der Waals surface area contributed by atoms with E-state index in [-0.39, 0.29) is 35.4 Å². The fourth-order valence-corrected chi connectivity index (χ4v) is 10.8. The number of esters is 1. The van der Waals surface area contributed by atoms with Crippen molar-refractivity contribution in [3.8, 4) is 5.69 Å². The largest absolute Gasteiger partial charge is 0.445 e. The molecule has 0 unspecified atom stereocenters. The minimum Gasteiger partial charge on any atom is -0.445 e. The maximum atomic E-state index is 13.8. The van der Waals surface area contributed by atoms with Gasteiger partial charge in [-0.2, -0.15) is 5.10 Å². The molecule has 1 aromatic carbocycles. The van der Waals surface area contributed by atoms with E-state index in [1.807, 2.05) is 17.8 Å². The Kier molecular flexibility index (Phi) is 7.17. The summed E-state index contributed by atoms with van der Waals surface area (Å²) in [7, 11) is 0. The molecule has 2 heterocycles. The minimum absolute atomic E-state index is 0.0112. The fraction of sp³-hybridized carbons (Fsp3) is 0.515. The van der Waals surface area contributed by atoms with Crippen LogP contribution in [0.25, 0.3) is 11.8 Å². The van der Waals surface area contributed by atoms with Crippen molar-refractivity contribution in [3.05, 3.63) is 69.2 Å². The lowest BCUT2D eigenvalue weighted by molar-refractivity contribution is -0.174. The van der Waals surface area contributed by atoms with Gasteiger partial charge in [-0.05, 0) is 116 Å². The van der Waals surface area contributed by atoms with Crippen LogP contribution in [-0.2, 0) is 16.0 Å². The van der Waals surface area contributed by atoms with Crippen molar-refractivity contribution in [1.82, 2.24) is 14.8 Å². The first-order valence-electron chi connectivity index (χ1n) is 15.1. The lowest BCUT2D eigenvalue weighted by Gasteiger charge is -2.60. The lowest BCUT2D eigenvalue weighted by atomic mass is 9.45. The van der Waals surface area contributed by atoms with Gasteiger partial charge in [-0.1, -0.05) is 19.4 Å². The van der Waals surface area contributed by atoms with Crippen LogP contribution in [0, 0.1) is 41.3 Å². The molecular weight excluding hydrogens is 605 g/mol. The fourth-order valence-electron chi connectivity index (χ4n) is 9.37. The summed E-state index contributed by atoms with van der Waals surface area (Å²) in [5, 5.41) is 16.2. The van der Waals surface area contributed by atoms with Crippen LogP contribution in [0.5, 0.6) is 0 Å². The van der Waals surface area contributed by atoms with Gasteiger partial charge in [0.25, 0.3) is 0 Å². The van der Waals surface area contributed by atoms with Crippen LogP contribution in [0.4, 0.5) is 8.78 Å². The number of aryl methyl sites for hydroxylation is 1. The monoisotopic (exact) mass is 639 g/mol. The predicted octanol–water partition coefficient (Wildman–Crippen LogP) is 6.71.